The van der Waals surface area contributed by atoms with Gasteiger partial charge in [0.2, 0.25) is 5.91 Å². The van der Waals surface area contributed by atoms with E-state index in [1.807, 2.05) is 23.1 Å². The molecule has 0 aliphatic carbocycles. The number of amides is 1. The van der Waals surface area contributed by atoms with Crippen LogP contribution in [-0.2, 0) is 11.2 Å². The number of fused-ring (bicyclic) bond motifs is 1. The highest BCUT2D eigenvalue weighted by molar-refractivity contribution is 5.77. The molecule has 128 valence electrons. The minimum absolute atomic E-state index is 0.116. The van der Waals surface area contributed by atoms with Gasteiger partial charge in [0.1, 0.15) is 5.82 Å². The van der Waals surface area contributed by atoms with Crippen molar-refractivity contribution in [1.29, 1.82) is 0 Å². The zero-order valence-corrected chi connectivity index (χ0v) is 14.3. The Morgan fingerprint density at radius 2 is 2.12 bits per heavy atom. The molecule has 6 heteroatoms. The van der Waals surface area contributed by atoms with Crippen LogP contribution in [0.25, 0.3) is 10.9 Å². The van der Waals surface area contributed by atoms with Gasteiger partial charge >= 0.3 is 0 Å². The summed E-state index contributed by atoms with van der Waals surface area (Å²) in [7, 11) is 2.08. The number of likely N-dealkylation sites (N-methyl/N-ethyl adjacent to an activating group) is 1. The molecular formula is C18H24N4O2. The fourth-order valence-electron chi connectivity index (χ4n) is 3.31. The Morgan fingerprint density at radius 3 is 2.92 bits per heavy atom. The molecule has 1 aromatic carbocycles. The lowest BCUT2D eigenvalue weighted by Gasteiger charge is -2.38. The summed E-state index contributed by atoms with van der Waals surface area (Å²) in [6.45, 7) is 4.73. The molecular weight excluding hydrogens is 304 g/mol. The van der Waals surface area contributed by atoms with Crippen LogP contribution >= 0.6 is 0 Å². The number of carbonyl (C=O) groups is 1. The quantitative estimate of drug-likeness (QED) is 0.921. The monoisotopic (exact) mass is 328 g/mol. The number of aryl methyl sites for hydroxylation is 1. The van der Waals surface area contributed by atoms with Crippen molar-refractivity contribution in [2.24, 2.45) is 0 Å². The maximum Gasteiger partial charge on any atom is 0.258 e. The molecule has 1 aliphatic heterocycles. The third-order valence-corrected chi connectivity index (χ3v) is 4.62. The summed E-state index contributed by atoms with van der Waals surface area (Å²) in [5.74, 6) is 0.844. The van der Waals surface area contributed by atoms with E-state index in [1.54, 1.807) is 6.07 Å². The van der Waals surface area contributed by atoms with E-state index in [1.165, 1.54) is 0 Å². The molecule has 1 saturated heterocycles. The van der Waals surface area contributed by atoms with E-state index in [-0.39, 0.29) is 17.5 Å². The molecule has 1 aromatic heterocycles. The summed E-state index contributed by atoms with van der Waals surface area (Å²) < 4.78 is 0. The molecule has 0 radical (unpaired) electrons. The zero-order chi connectivity index (χ0) is 17.1. The topological polar surface area (TPSA) is 69.3 Å². The summed E-state index contributed by atoms with van der Waals surface area (Å²) in [5, 5.41) is 0.601. The number of hydrogen-bond donors (Lipinski definition) is 1. The summed E-state index contributed by atoms with van der Waals surface area (Å²) in [5.41, 5.74) is 0.588. The van der Waals surface area contributed by atoms with Crippen LogP contribution in [0.3, 0.4) is 0 Å². The van der Waals surface area contributed by atoms with Gasteiger partial charge in [0.15, 0.2) is 0 Å². The lowest BCUT2D eigenvalue weighted by atomic mass is 10.1. The van der Waals surface area contributed by atoms with Crippen LogP contribution in [0.1, 0.15) is 25.6 Å². The van der Waals surface area contributed by atoms with Crippen molar-refractivity contribution in [3.63, 3.8) is 0 Å². The Morgan fingerprint density at radius 1 is 1.33 bits per heavy atom. The van der Waals surface area contributed by atoms with Crippen LogP contribution < -0.4 is 5.56 Å². The molecule has 0 bridgehead atoms. The Bertz CT molecular complexity index is 786. The van der Waals surface area contributed by atoms with Gasteiger partial charge < -0.3 is 14.8 Å². The third kappa shape index (κ3) is 3.64. The number of H-pyrrole nitrogens is 1. The van der Waals surface area contributed by atoms with Gasteiger partial charge in [-0.2, -0.15) is 0 Å². The number of rotatable bonds is 4. The maximum atomic E-state index is 12.4. The molecule has 2 heterocycles. The van der Waals surface area contributed by atoms with Gasteiger partial charge in [-0.3, -0.25) is 9.59 Å². The first-order valence-corrected chi connectivity index (χ1v) is 8.50. The van der Waals surface area contributed by atoms with Gasteiger partial charge in [0.05, 0.1) is 10.9 Å². The second-order valence-corrected chi connectivity index (χ2v) is 6.58. The Labute approximate surface area is 141 Å². The predicted molar refractivity (Wildman–Crippen MR) is 94.0 cm³/mol. The molecule has 6 nitrogen and oxygen atoms in total. The average molecular weight is 328 g/mol. The lowest BCUT2D eigenvalue weighted by Crippen LogP contribution is -2.52. The summed E-state index contributed by atoms with van der Waals surface area (Å²) in [6.07, 6.45) is 1.79. The van der Waals surface area contributed by atoms with Crippen LogP contribution in [0.2, 0.25) is 0 Å². The summed E-state index contributed by atoms with van der Waals surface area (Å²) in [4.78, 5) is 36.0. The van der Waals surface area contributed by atoms with E-state index in [9.17, 15) is 9.59 Å². The summed E-state index contributed by atoms with van der Waals surface area (Å²) >= 11 is 0. The first-order valence-electron chi connectivity index (χ1n) is 8.50. The number of aromatic amines is 1. The van der Waals surface area contributed by atoms with Crippen molar-refractivity contribution in [2.45, 2.75) is 32.2 Å². The molecule has 0 unspecified atom stereocenters. The highest BCUT2D eigenvalue weighted by Crippen LogP contribution is 2.12. The average Bonchev–Trinajstić information content (AvgIpc) is 2.55. The van der Waals surface area contributed by atoms with E-state index in [2.05, 4.69) is 28.8 Å². The van der Waals surface area contributed by atoms with Gasteiger partial charge in [-0.15, -0.1) is 0 Å². The molecule has 1 atom stereocenters. The van der Waals surface area contributed by atoms with Crippen molar-refractivity contribution in [3.05, 3.63) is 40.4 Å². The van der Waals surface area contributed by atoms with Gasteiger partial charge in [-0.1, -0.05) is 12.1 Å². The number of benzene rings is 1. The maximum absolute atomic E-state index is 12.4. The molecule has 0 saturated carbocycles. The second kappa shape index (κ2) is 7.13. The Kier molecular flexibility index (Phi) is 4.94. The van der Waals surface area contributed by atoms with Crippen molar-refractivity contribution in [1.82, 2.24) is 19.8 Å². The number of hydrogen-bond acceptors (Lipinski definition) is 4. The van der Waals surface area contributed by atoms with Gasteiger partial charge in [-0.25, -0.2) is 4.98 Å². The highest BCUT2D eigenvalue weighted by atomic mass is 16.2. The van der Waals surface area contributed by atoms with Crippen molar-refractivity contribution >= 4 is 16.8 Å². The lowest BCUT2D eigenvalue weighted by molar-refractivity contribution is -0.135. The summed E-state index contributed by atoms with van der Waals surface area (Å²) in [6, 6.07) is 7.56. The fourth-order valence-corrected chi connectivity index (χ4v) is 3.31. The molecule has 1 fully saturated rings. The molecule has 24 heavy (non-hydrogen) atoms. The number of nitrogens with one attached hydrogen (secondary N) is 1. The number of carbonyl (C=O) groups excluding carboxylic acids is 1. The third-order valence-electron chi connectivity index (χ3n) is 4.62. The van der Waals surface area contributed by atoms with E-state index in [0.717, 1.165) is 19.6 Å². The predicted octanol–water partition coefficient (Wildman–Crippen LogP) is 1.41. The van der Waals surface area contributed by atoms with Gasteiger partial charge in [-0.05, 0) is 32.5 Å². The fraction of sp³-hybridized carbons (Fsp3) is 0.500. The Balaban J connectivity index is 1.58. The van der Waals surface area contributed by atoms with Crippen LogP contribution in [0, 0.1) is 0 Å². The molecule has 1 aliphatic rings. The van der Waals surface area contributed by atoms with E-state index < -0.39 is 0 Å². The minimum Gasteiger partial charge on any atom is -0.337 e. The molecule has 1 amide bonds. The van der Waals surface area contributed by atoms with Crippen molar-refractivity contribution < 1.29 is 4.79 Å². The number of nitrogens with zero attached hydrogens (tertiary/aromatic N) is 3. The van der Waals surface area contributed by atoms with Crippen molar-refractivity contribution in [2.75, 3.05) is 26.7 Å². The van der Waals surface area contributed by atoms with Crippen LogP contribution in [0.5, 0.6) is 0 Å². The van der Waals surface area contributed by atoms with Crippen LogP contribution in [0.4, 0.5) is 0 Å². The number of para-hydroxylation sites is 1. The number of piperazine rings is 1. The first-order chi connectivity index (χ1) is 11.5. The second-order valence-electron chi connectivity index (χ2n) is 6.58. The molecule has 3 rings (SSSR count). The van der Waals surface area contributed by atoms with Crippen molar-refractivity contribution in [3.8, 4) is 0 Å². The van der Waals surface area contributed by atoms with E-state index >= 15 is 0 Å². The molecule has 2 aromatic rings. The number of aromatic nitrogens is 2. The normalized spacial score (nSPS) is 18.9. The molecule has 0 spiro atoms. The first kappa shape index (κ1) is 16.6. The Hall–Kier alpha value is -2.21. The smallest absolute Gasteiger partial charge is 0.258 e. The standard InChI is InChI=1S/C18H24N4O2/c1-13-12-21(2)10-11-22(13)17(23)9-5-8-16-19-15-7-4-3-6-14(15)18(24)20-16/h3-4,6-7,13H,5,8-12H2,1-2H3,(H,19,20,24)/t13-/m1/s1. The van der Waals surface area contributed by atoms with E-state index in [4.69, 9.17) is 0 Å². The van der Waals surface area contributed by atoms with Gasteiger partial charge in [0.25, 0.3) is 5.56 Å². The molecule has 1 N–H and O–H groups in total. The minimum atomic E-state index is -0.116. The zero-order valence-electron chi connectivity index (χ0n) is 14.3. The van der Waals surface area contributed by atoms with Gasteiger partial charge in [0, 0.05) is 38.5 Å². The van der Waals surface area contributed by atoms with Crippen LogP contribution in [0.15, 0.2) is 29.1 Å². The highest BCUT2D eigenvalue weighted by Gasteiger charge is 2.25. The largest absolute Gasteiger partial charge is 0.337 e. The van der Waals surface area contributed by atoms with Crippen LogP contribution in [-0.4, -0.2) is 58.4 Å². The van der Waals surface area contributed by atoms with E-state index in [0.29, 0.717) is 36.0 Å². The SMILES string of the molecule is C[C@@H]1CN(C)CCN1C(=O)CCCc1nc2ccccc2c(=O)[nH]1.